The molecule has 9 heavy (non-hydrogen) atoms. The van der Waals surface area contributed by atoms with Gasteiger partial charge >= 0.3 is 0 Å². The number of rotatable bonds is 2. The van der Waals surface area contributed by atoms with Gasteiger partial charge in [-0.3, -0.25) is 0 Å². The third-order valence-electron chi connectivity index (χ3n) is 2.25. The van der Waals surface area contributed by atoms with Gasteiger partial charge in [0.1, 0.15) is 0 Å². The molecule has 52 valence electrons. The topological polar surface area (TPSA) is 4.36 Å². The fourth-order valence-electron chi connectivity index (χ4n) is 0.649. The molecule has 1 unspecified atom stereocenters. The predicted molar refractivity (Wildman–Crippen MR) is 41.8 cm³/mol. The van der Waals surface area contributed by atoms with Crippen molar-refractivity contribution in [2.75, 3.05) is 0 Å². The molecule has 0 heterocycles. The zero-order chi connectivity index (χ0) is 7.49. The molecule has 1 nitrogen and oxygen atoms in total. The van der Waals surface area contributed by atoms with Crippen molar-refractivity contribution in [2.45, 2.75) is 39.7 Å². The van der Waals surface area contributed by atoms with E-state index in [0.29, 0.717) is 5.92 Å². The van der Waals surface area contributed by atoms with Gasteiger partial charge in [-0.25, -0.2) is 0 Å². The lowest BCUT2D eigenvalue weighted by Crippen LogP contribution is -2.25. The van der Waals surface area contributed by atoms with E-state index >= 15 is 0 Å². The van der Waals surface area contributed by atoms with Crippen LogP contribution in [0.1, 0.15) is 34.1 Å². The Kier molecular flexibility index (Phi) is 2.70. The average Bonchev–Trinajstić information content (AvgIpc) is 1.86. The third-order valence-corrected chi connectivity index (χ3v) is 2.25. The molecule has 0 aliphatic rings. The summed E-state index contributed by atoms with van der Waals surface area (Å²) in [5, 5.41) is 0. The maximum absolute atomic E-state index is 5.24. The summed E-state index contributed by atoms with van der Waals surface area (Å²) in [4.78, 5) is 3.84. The Bertz CT molecular complexity index is 121. The molecule has 0 aliphatic carbocycles. The van der Waals surface area contributed by atoms with Crippen LogP contribution in [0.2, 0.25) is 0 Å². The van der Waals surface area contributed by atoms with Crippen LogP contribution in [0.5, 0.6) is 0 Å². The normalized spacial score (nSPS) is 16.9. The van der Waals surface area contributed by atoms with E-state index in [9.17, 15) is 0 Å². The Hall–Kier alpha value is -0.510. The van der Waals surface area contributed by atoms with Gasteiger partial charge in [-0.1, -0.05) is 25.6 Å². The van der Waals surface area contributed by atoms with Crippen molar-refractivity contribution >= 4 is 0 Å². The molecular formula is C8H16N+. The summed E-state index contributed by atoms with van der Waals surface area (Å²) in [6.07, 6.45) is 1.02. The van der Waals surface area contributed by atoms with E-state index in [1.165, 1.54) is 0 Å². The molecule has 0 aromatic carbocycles. The van der Waals surface area contributed by atoms with Crippen LogP contribution in [0.4, 0.5) is 0 Å². The van der Waals surface area contributed by atoms with E-state index in [-0.39, 0.29) is 5.54 Å². The summed E-state index contributed by atoms with van der Waals surface area (Å²) in [7, 11) is 0. The molecule has 0 bridgehead atoms. The molecule has 1 heteroatoms. The second-order valence-electron chi connectivity index (χ2n) is 2.99. The highest BCUT2D eigenvalue weighted by Crippen LogP contribution is 2.24. The minimum Gasteiger partial charge on any atom is -0.0804 e. The molecule has 0 spiro atoms. The largest absolute Gasteiger partial charge is 0.280 e. The standard InChI is InChI=1S/C8H16N/c1-6-8(4,9-5)7(2)3/h5,7H,6H2,1-4H3/q+1. The molecular weight excluding hydrogens is 110 g/mol. The van der Waals surface area contributed by atoms with Crippen LogP contribution in [0.15, 0.2) is 0 Å². The van der Waals surface area contributed by atoms with Crippen molar-refractivity contribution in [1.29, 1.82) is 0 Å². The Morgan fingerprint density at radius 3 is 2.00 bits per heavy atom. The fourth-order valence-corrected chi connectivity index (χ4v) is 0.649. The molecule has 0 rings (SSSR count). The molecule has 0 fully saturated rings. The molecule has 0 aliphatic heterocycles. The first-order valence-corrected chi connectivity index (χ1v) is 3.49. The van der Waals surface area contributed by atoms with Gasteiger partial charge in [0, 0.05) is 19.3 Å². The summed E-state index contributed by atoms with van der Waals surface area (Å²) in [6, 6.07) is 0. The first-order valence-electron chi connectivity index (χ1n) is 3.49. The van der Waals surface area contributed by atoms with Crippen LogP contribution in [0.3, 0.4) is 0 Å². The van der Waals surface area contributed by atoms with Gasteiger partial charge < -0.3 is 0 Å². The van der Waals surface area contributed by atoms with Gasteiger partial charge in [0.05, 0.1) is 0 Å². The van der Waals surface area contributed by atoms with Crippen LogP contribution in [0, 0.1) is 12.5 Å². The molecule has 0 N–H and O–H groups in total. The first-order chi connectivity index (χ1) is 4.06. The van der Waals surface area contributed by atoms with E-state index in [2.05, 4.69) is 32.5 Å². The fraction of sp³-hybridized carbons (Fsp3) is 0.875. The van der Waals surface area contributed by atoms with Crippen LogP contribution in [0.25, 0.3) is 4.85 Å². The summed E-state index contributed by atoms with van der Waals surface area (Å²) in [5.41, 5.74) is -0.0139. The zero-order valence-corrected chi connectivity index (χ0v) is 6.81. The van der Waals surface area contributed by atoms with Gasteiger partial charge in [0.2, 0.25) is 0 Å². The molecule has 0 saturated carbocycles. The lowest BCUT2D eigenvalue weighted by molar-refractivity contribution is 0.391. The second-order valence-corrected chi connectivity index (χ2v) is 2.99. The first kappa shape index (κ1) is 8.49. The highest BCUT2D eigenvalue weighted by atomic mass is 14.8. The lowest BCUT2D eigenvalue weighted by Gasteiger charge is -2.13. The molecule has 0 radical (unpaired) electrons. The minimum absolute atomic E-state index is 0.0139. The Morgan fingerprint density at radius 2 is 2.00 bits per heavy atom. The third kappa shape index (κ3) is 1.71. The van der Waals surface area contributed by atoms with Crippen molar-refractivity contribution in [1.82, 2.24) is 0 Å². The number of hydrogen-bond donors (Lipinski definition) is 0. The summed E-state index contributed by atoms with van der Waals surface area (Å²) < 4.78 is 0. The summed E-state index contributed by atoms with van der Waals surface area (Å²) >= 11 is 0. The van der Waals surface area contributed by atoms with Crippen molar-refractivity contribution in [3.05, 3.63) is 4.85 Å². The van der Waals surface area contributed by atoms with Crippen LogP contribution < -0.4 is 0 Å². The van der Waals surface area contributed by atoms with E-state index < -0.39 is 0 Å². The highest BCUT2D eigenvalue weighted by molar-refractivity contribution is 4.97. The zero-order valence-electron chi connectivity index (χ0n) is 6.81. The molecule has 0 saturated heterocycles. The Morgan fingerprint density at radius 1 is 1.56 bits per heavy atom. The number of nitrogens with zero attached hydrogens (tertiary/aromatic N) is 1. The van der Waals surface area contributed by atoms with Gasteiger partial charge in [0.25, 0.3) is 12.1 Å². The smallest absolute Gasteiger partial charge is 0.0804 e. The summed E-state index contributed by atoms with van der Waals surface area (Å²) in [5.74, 6) is 0.535. The quantitative estimate of drug-likeness (QED) is 0.536. The Balaban J connectivity index is 4.14. The SMILES string of the molecule is C#[N+]C(C)(CC)C(C)C. The van der Waals surface area contributed by atoms with Crippen LogP contribution >= 0.6 is 0 Å². The van der Waals surface area contributed by atoms with Crippen molar-refractivity contribution in [3.63, 3.8) is 0 Å². The summed E-state index contributed by atoms with van der Waals surface area (Å²) in [6.45, 7) is 13.7. The maximum Gasteiger partial charge on any atom is 0.280 e. The van der Waals surface area contributed by atoms with E-state index in [1.54, 1.807) is 0 Å². The highest BCUT2D eigenvalue weighted by Gasteiger charge is 2.35. The monoisotopic (exact) mass is 126 g/mol. The molecule has 1 atom stereocenters. The molecule has 0 aromatic rings. The van der Waals surface area contributed by atoms with Crippen molar-refractivity contribution in [3.8, 4) is 6.57 Å². The van der Waals surface area contributed by atoms with Crippen molar-refractivity contribution < 1.29 is 0 Å². The lowest BCUT2D eigenvalue weighted by atomic mass is 9.87. The van der Waals surface area contributed by atoms with Gasteiger partial charge in [-0.15, -0.1) is 0 Å². The van der Waals surface area contributed by atoms with Crippen molar-refractivity contribution in [2.24, 2.45) is 5.92 Å². The predicted octanol–water partition coefficient (Wildman–Crippen LogP) is 2.77. The van der Waals surface area contributed by atoms with E-state index in [1.807, 2.05) is 0 Å². The van der Waals surface area contributed by atoms with E-state index in [4.69, 9.17) is 6.57 Å². The average molecular weight is 126 g/mol. The van der Waals surface area contributed by atoms with Gasteiger partial charge in [-0.05, 0) is 0 Å². The van der Waals surface area contributed by atoms with Crippen LogP contribution in [-0.2, 0) is 0 Å². The van der Waals surface area contributed by atoms with Gasteiger partial charge in [0.15, 0.2) is 0 Å². The van der Waals surface area contributed by atoms with E-state index in [0.717, 1.165) is 6.42 Å². The second kappa shape index (κ2) is 2.87. The number of hydrogen-bond acceptors (Lipinski definition) is 0. The molecule has 0 aromatic heterocycles. The van der Waals surface area contributed by atoms with Crippen LogP contribution in [-0.4, -0.2) is 5.54 Å². The maximum atomic E-state index is 5.24. The molecule has 0 amide bonds. The van der Waals surface area contributed by atoms with Gasteiger partial charge in [-0.2, -0.15) is 0 Å². The Labute approximate surface area is 57.9 Å². The minimum atomic E-state index is -0.0139.